The van der Waals surface area contributed by atoms with Crippen LogP contribution in [0.15, 0.2) is 59.6 Å². The molecule has 2 saturated heterocycles. The van der Waals surface area contributed by atoms with Crippen LogP contribution in [0.25, 0.3) is 0 Å². The summed E-state index contributed by atoms with van der Waals surface area (Å²) in [5, 5.41) is 7.24. The largest absolute Gasteiger partial charge is 0.379 e. The average Bonchev–Trinajstić information content (AvgIpc) is 3.28. The van der Waals surface area contributed by atoms with Gasteiger partial charge in [-0.25, -0.2) is 0 Å². The molecule has 0 saturated carbocycles. The number of guanidine groups is 1. The molecule has 2 aromatic rings. The van der Waals surface area contributed by atoms with Crippen LogP contribution in [0.4, 0.5) is 5.69 Å². The van der Waals surface area contributed by atoms with Gasteiger partial charge in [-0.1, -0.05) is 48.0 Å². The number of aliphatic imine (C=N–C) groups is 1. The van der Waals surface area contributed by atoms with E-state index in [0.717, 1.165) is 58.3 Å². The molecule has 0 amide bonds. The summed E-state index contributed by atoms with van der Waals surface area (Å²) >= 11 is 0. The number of nitrogens with zero attached hydrogens (tertiary/aromatic N) is 3. The van der Waals surface area contributed by atoms with E-state index in [1.807, 2.05) is 7.05 Å². The lowest BCUT2D eigenvalue weighted by Gasteiger charge is -2.35. The van der Waals surface area contributed by atoms with Crippen molar-refractivity contribution in [2.75, 3.05) is 57.9 Å². The number of rotatable bonds is 6. The summed E-state index contributed by atoms with van der Waals surface area (Å²) in [6.45, 7) is 8.56. The van der Waals surface area contributed by atoms with Crippen LogP contribution in [-0.2, 0) is 4.74 Å². The quantitative estimate of drug-likeness (QED) is 0.555. The SMILES string of the molecule is CN=C(NCC(c1cccc(C)c1)N1CCOCC1)NC1CCN(c2ccccc2)C1. The van der Waals surface area contributed by atoms with Crippen LogP contribution in [0.5, 0.6) is 0 Å². The number of nitrogens with one attached hydrogen (secondary N) is 2. The number of para-hydroxylation sites is 1. The predicted molar refractivity (Wildman–Crippen MR) is 128 cm³/mol. The Kier molecular flexibility index (Phi) is 7.43. The van der Waals surface area contributed by atoms with Crippen LogP contribution >= 0.6 is 0 Å². The maximum Gasteiger partial charge on any atom is 0.191 e. The van der Waals surface area contributed by atoms with Crippen molar-refractivity contribution in [3.05, 3.63) is 65.7 Å². The van der Waals surface area contributed by atoms with E-state index in [4.69, 9.17) is 4.74 Å². The minimum absolute atomic E-state index is 0.298. The molecule has 2 unspecified atom stereocenters. The number of morpholine rings is 1. The standard InChI is InChI=1S/C25H35N5O/c1-20-7-6-8-21(17-20)24(29-13-15-31-16-14-29)18-27-25(26-2)28-22-11-12-30(19-22)23-9-4-3-5-10-23/h3-10,17,22,24H,11-16,18-19H2,1-2H3,(H2,26,27,28). The molecule has 2 aliphatic heterocycles. The van der Waals surface area contributed by atoms with E-state index >= 15 is 0 Å². The molecule has 0 bridgehead atoms. The molecule has 2 aromatic carbocycles. The van der Waals surface area contributed by atoms with Gasteiger partial charge in [0.1, 0.15) is 0 Å². The van der Waals surface area contributed by atoms with Crippen molar-refractivity contribution in [2.45, 2.75) is 25.4 Å². The van der Waals surface area contributed by atoms with E-state index in [9.17, 15) is 0 Å². The second kappa shape index (κ2) is 10.6. The van der Waals surface area contributed by atoms with Crippen LogP contribution in [0, 0.1) is 6.92 Å². The fourth-order valence-electron chi connectivity index (χ4n) is 4.56. The monoisotopic (exact) mass is 421 g/mol. The third-order valence-corrected chi connectivity index (χ3v) is 6.25. The van der Waals surface area contributed by atoms with Gasteiger partial charge in [0.2, 0.25) is 0 Å². The second-order valence-corrected chi connectivity index (χ2v) is 8.44. The molecule has 0 aliphatic carbocycles. The van der Waals surface area contributed by atoms with E-state index in [2.05, 4.69) is 86.9 Å². The summed E-state index contributed by atoms with van der Waals surface area (Å²) in [4.78, 5) is 9.47. The minimum atomic E-state index is 0.298. The lowest BCUT2D eigenvalue weighted by atomic mass is 10.0. The Bertz CT molecular complexity index is 850. The lowest BCUT2D eigenvalue weighted by molar-refractivity contribution is 0.0170. The highest BCUT2D eigenvalue weighted by Gasteiger charge is 2.25. The van der Waals surface area contributed by atoms with Crippen molar-refractivity contribution in [3.8, 4) is 0 Å². The van der Waals surface area contributed by atoms with Crippen LogP contribution in [-0.4, -0.2) is 69.9 Å². The minimum Gasteiger partial charge on any atom is -0.379 e. The molecule has 0 aromatic heterocycles. The zero-order chi connectivity index (χ0) is 21.5. The van der Waals surface area contributed by atoms with Gasteiger partial charge in [-0.15, -0.1) is 0 Å². The Labute approximate surface area is 186 Å². The normalized spacial score (nSPS) is 21.2. The van der Waals surface area contributed by atoms with Crippen molar-refractivity contribution in [2.24, 2.45) is 4.99 Å². The third-order valence-electron chi connectivity index (χ3n) is 6.25. The Morgan fingerprint density at radius 2 is 1.90 bits per heavy atom. The molecule has 2 heterocycles. The molecule has 2 aliphatic rings. The maximum absolute atomic E-state index is 5.59. The summed E-state index contributed by atoms with van der Waals surface area (Å²) in [6, 6.07) is 20.2. The summed E-state index contributed by atoms with van der Waals surface area (Å²) in [7, 11) is 1.86. The first-order chi connectivity index (χ1) is 15.2. The van der Waals surface area contributed by atoms with Gasteiger partial charge in [0, 0.05) is 51.5 Å². The molecule has 6 nitrogen and oxygen atoms in total. The summed E-state index contributed by atoms with van der Waals surface area (Å²) in [5.74, 6) is 0.880. The molecule has 31 heavy (non-hydrogen) atoms. The van der Waals surface area contributed by atoms with Crippen molar-refractivity contribution in [1.82, 2.24) is 15.5 Å². The molecule has 0 radical (unpaired) electrons. The molecule has 0 spiro atoms. The first-order valence-electron chi connectivity index (χ1n) is 11.4. The zero-order valence-corrected chi connectivity index (χ0v) is 18.8. The van der Waals surface area contributed by atoms with Gasteiger partial charge in [0.25, 0.3) is 0 Å². The number of benzene rings is 2. The second-order valence-electron chi connectivity index (χ2n) is 8.44. The number of ether oxygens (including phenoxy) is 1. The highest BCUT2D eigenvalue weighted by Crippen LogP contribution is 2.23. The number of aryl methyl sites for hydroxylation is 1. The molecule has 4 rings (SSSR count). The van der Waals surface area contributed by atoms with Crippen molar-refractivity contribution >= 4 is 11.6 Å². The van der Waals surface area contributed by atoms with Gasteiger partial charge in [0.15, 0.2) is 5.96 Å². The number of hydrogen-bond acceptors (Lipinski definition) is 4. The summed E-state index contributed by atoms with van der Waals surface area (Å²) in [6.07, 6.45) is 1.11. The summed E-state index contributed by atoms with van der Waals surface area (Å²) in [5.41, 5.74) is 3.94. The maximum atomic E-state index is 5.59. The van der Waals surface area contributed by atoms with Crippen molar-refractivity contribution in [3.63, 3.8) is 0 Å². The average molecular weight is 422 g/mol. The molecule has 6 heteroatoms. The van der Waals surface area contributed by atoms with Crippen molar-refractivity contribution in [1.29, 1.82) is 0 Å². The lowest BCUT2D eigenvalue weighted by Crippen LogP contribution is -2.48. The zero-order valence-electron chi connectivity index (χ0n) is 18.8. The predicted octanol–water partition coefficient (Wildman–Crippen LogP) is 2.81. The highest BCUT2D eigenvalue weighted by molar-refractivity contribution is 5.80. The van der Waals surface area contributed by atoms with Gasteiger partial charge in [-0.05, 0) is 31.0 Å². The molecule has 166 valence electrons. The van der Waals surface area contributed by atoms with Gasteiger partial charge >= 0.3 is 0 Å². The third kappa shape index (κ3) is 5.77. The Morgan fingerprint density at radius 3 is 2.65 bits per heavy atom. The number of anilines is 1. The van der Waals surface area contributed by atoms with Crippen molar-refractivity contribution < 1.29 is 4.74 Å². The topological polar surface area (TPSA) is 52.1 Å². The van der Waals surface area contributed by atoms with Gasteiger partial charge in [-0.3, -0.25) is 9.89 Å². The fraction of sp³-hybridized carbons (Fsp3) is 0.480. The molecule has 2 atom stereocenters. The Balaban J connectivity index is 1.36. The molecular formula is C25H35N5O. The Morgan fingerprint density at radius 1 is 1.10 bits per heavy atom. The van der Waals surface area contributed by atoms with Gasteiger partial charge < -0.3 is 20.3 Å². The molecule has 2 N–H and O–H groups in total. The van der Waals surface area contributed by atoms with E-state index in [1.165, 1.54) is 16.8 Å². The van der Waals surface area contributed by atoms with Crippen LogP contribution in [0.3, 0.4) is 0 Å². The van der Waals surface area contributed by atoms with E-state index in [1.54, 1.807) is 0 Å². The van der Waals surface area contributed by atoms with E-state index in [0.29, 0.717) is 12.1 Å². The van der Waals surface area contributed by atoms with Gasteiger partial charge in [-0.2, -0.15) is 0 Å². The van der Waals surface area contributed by atoms with E-state index < -0.39 is 0 Å². The van der Waals surface area contributed by atoms with Crippen LogP contribution in [0.2, 0.25) is 0 Å². The highest BCUT2D eigenvalue weighted by atomic mass is 16.5. The molecular weight excluding hydrogens is 386 g/mol. The fourth-order valence-corrected chi connectivity index (χ4v) is 4.56. The van der Waals surface area contributed by atoms with Crippen LogP contribution in [0.1, 0.15) is 23.6 Å². The first-order valence-corrected chi connectivity index (χ1v) is 11.4. The number of hydrogen-bond donors (Lipinski definition) is 2. The molecule has 2 fully saturated rings. The Hall–Kier alpha value is -2.57. The van der Waals surface area contributed by atoms with E-state index in [-0.39, 0.29) is 0 Å². The summed E-state index contributed by atoms with van der Waals surface area (Å²) < 4.78 is 5.59. The smallest absolute Gasteiger partial charge is 0.191 e. The van der Waals surface area contributed by atoms with Gasteiger partial charge in [0.05, 0.1) is 19.3 Å². The first kappa shape index (κ1) is 21.7. The van der Waals surface area contributed by atoms with Crippen LogP contribution < -0.4 is 15.5 Å².